The Labute approximate surface area is 192 Å². The van der Waals surface area contributed by atoms with Gasteiger partial charge in [0.05, 0.1) is 24.2 Å². The van der Waals surface area contributed by atoms with E-state index in [0.717, 1.165) is 10.8 Å². The molecule has 0 radical (unpaired) electrons. The first kappa shape index (κ1) is 23.0. The molecule has 2 aromatic carbocycles. The van der Waals surface area contributed by atoms with E-state index >= 15 is 0 Å². The van der Waals surface area contributed by atoms with Crippen LogP contribution >= 0.6 is 11.6 Å². The van der Waals surface area contributed by atoms with Gasteiger partial charge in [0.2, 0.25) is 21.8 Å². The molecule has 2 saturated heterocycles. The van der Waals surface area contributed by atoms with E-state index in [4.69, 9.17) is 16.3 Å². The number of halogens is 1. The molecule has 4 rings (SSSR count). The molecule has 8 nitrogen and oxygen atoms in total. The van der Waals surface area contributed by atoms with E-state index in [9.17, 15) is 18.0 Å². The Morgan fingerprint density at radius 3 is 2.66 bits per heavy atom. The Bertz CT molecular complexity index is 1160. The van der Waals surface area contributed by atoms with Crippen LogP contribution in [-0.2, 0) is 24.3 Å². The summed E-state index contributed by atoms with van der Waals surface area (Å²) >= 11 is 5.99. The molecule has 2 heterocycles. The summed E-state index contributed by atoms with van der Waals surface area (Å²) in [5, 5.41) is 2.12. The predicted octanol–water partition coefficient (Wildman–Crippen LogP) is 2.01. The molecule has 0 aromatic heterocycles. The van der Waals surface area contributed by atoms with E-state index in [1.54, 1.807) is 42.2 Å². The minimum Gasteiger partial charge on any atom is -0.377 e. The standard InChI is InChI=1S/C22H26ClN3O5S/c1-14-13-31-10-9-25(14)21(27)15(2)26-8-7-20(22(26)28)24-32(29,30)19-6-4-16-11-18(23)5-3-17(16)12-19/h3-6,11-12,14-15,20,24H,7-10,13H2,1-2H3/t14?,15-,20-/m0/s1. The number of ether oxygens (including phenoxy) is 1. The predicted molar refractivity (Wildman–Crippen MR) is 121 cm³/mol. The first-order valence-corrected chi connectivity index (χ1v) is 12.4. The molecule has 0 spiro atoms. The van der Waals surface area contributed by atoms with Crippen molar-refractivity contribution in [2.24, 2.45) is 0 Å². The summed E-state index contributed by atoms with van der Waals surface area (Å²) in [5.74, 6) is -0.534. The zero-order valence-electron chi connectivity index (χ0n) is 18.0. The summed E-state index contributed by atoms with van der Waals surface area (Å²) in [4.78, 5) is 29.1. The third-order valence-electron chi connectivity index (χ3n) is 6.10. The van der Waals surface area contributed by atoms with Crippen molar-refractivity contribution in [3.05, 3.63) is 41.4 Å². The number of nitrogens with zero attached hydrogens (tertiary/aromatic N) is 2. The number of amides is 2. The van der Waals surface area contributed by atoms with Crippen LogP contribution in [0.2, 0.25) is 5.02 Å². The van der Waals surface area contributed by atoms with Crippen LogP contribution < -0.4 is 4.72 Å². The van der Waals surface area contributed by atoms with E-state index in [-0.39, 0.29) is 22.8 Å². The Morgan fingerprint density at radius 1 is 1.19 bits per heavy atom. The Morgan fingerprint density at radius 2 is 1.91 bits per heavy atom. The molecule has 0 saturated carbocycles. The largest absolute Gasteiger partial charge is 0.377 e. The third-order valence-corrected chi connectivity index (χ3v) is 7.80. The lowest BCUT2D eigenvalue weighted by molar-refractivity contribution is -0.148. The van der Waals surface area contributed by atoms with Crippen LogP contribution in [0.25, 0.3) is 10.8 Å². The quantitative estimate of drug-likeness (QED) is 0.707. The van der Waals surface area contributed by atoms with Crippen molar-refractivity contribution in [2.75, 3.05) is 26.3 Å². The van der Waals surface area contributed by atoms with E-state index in [0.29, 0.717) is 37.7 Å². The van der Waals surface area contributed by atoms with E-state index in [1.165, 1.54) is 11.0 Å². The van der Waals surface area contributed by atoms with E-state index in [2.05, 4.69) is 4.72 Å². The van der Waals surface area contributed by atoms with Crippen LogP contribution in [0, 0.1) is 0 Å². The number of carbonyl (C=O) groups excluding carboxylic acids is 2. The molecule has 2 amide bonds. The Kier molecular flexibility index (Phi) is 6.44. The Hall–Kier alpha value is -2.20. The molecule has 1 N–H and O–H groups in total. The third kappa shape index (κ3) is 4.47. The molecule has 1 unspecified atom stereocenters. The number of nitrogens with one attached hydrogen (secondary N) is 1. The summed E-state index contributed by atoms with van der Waals surface area (Å²) in [5.41, 5.74) is 0. The molecule has 2 aliphatic rings. The molecular weight excluding hydrogens is 454 g/mol. The first-order chi connectivity index (χ1) is 15.2. The molecule has 0 aliphatic carbocycles. The monoisotopic (exact) mass is 479 g/mol. The number of carbonyl (C=O) groups is 2. The maximum Gasteiger partial charge on any atom is 0.245 e. The van der Waals surface area contributed by atoms with Crippen molar-refractivity contribution in [1.82, 2.24) is 14.5 Å². The molecule has 10 heteroatoms. The lowest BCUT2D eigenvalue weighted by atomic mass is 10.1. The first-order valence-electron chi connectivity index (χ1n) is 10.6. The number of likely N-dealkylation sites (tertiary alicyclic amines) is 1. The van der Waals surface area contributed by atoms with Gasteiger partial charge in [-0.3, -0.25) is 9.59 Å². The van der Waals surface area contributed by atoms with Crippen LogP contribution in [0.5, 0.6) is 0 Å². The van der Waals surface area contributed by atoms with Gasteiger partial charge in [-0.25, -0.2) is 8.42 Å². The SMILES string of the molecule is CC1COCCN1C(=O)[C@H](C)N1CC[C@H](NS(=O)(=O)c2ccc3cc(Cl)ccc3c2)C1=O. The van der Waals surface area contributed by atoms with Gasteiger partial charge in [0, 0.05) is 18.1 Å². The maximum atomic E-state index is 13.0. The topological polar surface area (TPSA) is 96.0 Å². The van der Waals surface area contributed by atoms with Gasteiger partial charge in [-0.15, -0.1) is 0 Å². The fraction of sp³-hybridized carbons (Fsp3) is 0.455. The van der Waals surface area contributed by atoms with Gasteiger partial charge >= 0.3 is 0 Å². The minimum atomic E-state index is -3.92. The van der Waals surface area contributed by atoms with Gasteiger partial charge in [-0.2, -0.15) is 4.72 Å². The number of benzene rings is 2. The molecule has 2 aliphatic heterocycles. The van der Waals surface area contributed by atoms with Gasteiger partial charge in [-0.1, -0.05) is 23.7 Å². The second-order valence-electron chi connectivity index (χ2n) is 8.28. The van der Waals surface area contributed by atoms with Crippen LogP contribution in [-0.4, -0.2) is 74.5 Å². The van der Waals surface area contributed by atoms with Gasteiger partial charge < -0.3 is 14.5 Å². The summed E-state index contributed by atoms with van der Waals surface area (Å²) < 4.78 is 33.8. The van der Waals surface area contributed by atoms with Gasteiger partial charge in [0.1, 0.15) is 12.1 Å². The lowest BCUT2D eigenvalue weighted by Crippen LogP contribution is -2.55. The maximum absolute atomic E-state index is 13.0. The van der Waals surface area contributed by atoms with E-state index in [1.807, 2.05) is 6.92 Å². The average molecular weight is 480 g/mol. The fourth-order valence-electron chi connectivity index (χ4n) is 4.24. The number of hydrogen-bond donors (Lipinski definition) is 1. The second-order valence-corrected chi connectivity index (χ2v) is 10.4. The van der Waals surface area contributed by atoms with Crippen LogP contribution in [0.3, 0.4) is 0 Å². The van der Waals surface area contributed by atoms with Crippen molar-refractivity contribution in [3.63, 3.8) is 0 Å². The number of fused-ring (bicyclic) bond motifs is 1. The molecular formula is C22H26ClN3O5S. The highest BCUT2D eigenvalue weighted by molar-refractivity contribution is 7.89. The number of rotatable bonds is 5. The summed E-state index contributed by atoms with van der Waals surface area (Å²) in [6.45, 7) is 5.32. The minimum absolute atomic E-state index is 0.0616. The second kappa shape index (κ2) is 8.97. The smallest absolute Gasteiger partial charge is 0.245 e. The van der Waals surface area contributed by atoms with Crippen LogP contribution in [0.4, 0.5) is 0 Å². The number of morpholine rings is 1. The van der Waals surface area contributed by atoms with Gasteiger partial charge in [-0.05, 0) is 55.3 Å². The fourth-order valence-corrected chi connectivity index (χ4v) is 5.68. The molecule has 2 fully saturated rings. The molecule has 3 atom stereocenters. The zero-order chi connectivity index (χ0) is 23.0. The summed E-state index contributed by atoms with van der Waals surface area (Å²) in [6.07, 6.45) is 0.303. The summed E-state index contributed by atoms with van der Waals surface area (Å²) in [6, 6.07) is 8.30. The summed E-state index contributed by atoms with van der Waals surface area (Å²) in [7, 11) is -3.92. The van der Waals surface area contributed by atoms with Crippen molar-refractivity contribution >= 4 is 44.2 Å². The van der Waals surface area contributed by atoms with Crippen molar-refractivity contribution < 1.29 is 22.7 Å². The average Bonchev–Trinajstić information content (AvgIpc) is 3.12. The molecule has 2 aromatic rings. The molecule has 172 valence electrons. The van der Waals surface area contributed by atoms with Crippen molar-refractivity contribution in [1.29, 1.82) is 0 Å². The number of hydrogen-bond acceptors (Lipinski definition) is 5. The molecule has 32 heavy (non-hydrogen) atoms. The molecule has 0 bridgehead atoms. The highest BCUT2D eigenvalue weighted by Crippen LogP contribution is 2.24. The van der Waals surface area contributed by atoms with Crippen LogP contribution in [0.15, 0.2) is 41.3 Å². The van der Waals surface area contributed by atoms with Gasteiger partial charge in [0.15, 0.2) is 0 Å². The highest BCUT2D eigenvalue weighted by Gasteiger charge is 2.41. The normalized spacial score (nSPS) is 23.0. The highest BCUT2D eigenvalue weighted by atomic mass is 35.5. The van der Waals surface area contributed by atoms with Crippen molar-refractivity contribution in [2.45, 2.75) is 43.3 Å². The van der Waals surface area contributed by atoms with Gasteiger partial charge in [0.25, 0.3) is 0 Å². The number of sulfonamides is 1. The zero-order valence-corrected chi connectivity index (χ0v) is 19.5. The lowest BCUT2D eigenvalue weighted by Gasteiger charge is -2.37. The van der Waals surface area contributed by atoms with E-state index < -0.39 is 22.1 Å². The van der Waals surface area contributed by atoms with Crippen molar-refractivity contribution in [3.8, 4) is 0 Å². The van der Waals surface area contributed by atoms with Crippen LogP contribution in [0.1, 0.15) is 20.3 Å². The Balaban J connectivity index is 1.46.